The molecule has 0 radical (unpaired) electrons. The molecule has 0 saturated carbocycles. The Hall–Kier alpha value is -1.62. The molecule has 0 aliphatic carbocycles. The Kier molecular flexibility index (Phi) is 4.39. The summed E-state index contributed by atoms with van der Waals surface area (Å²) in [5.74, 6) is 1.12. The lowest BCUT2D eigenvalue weighted by molar-refractivity contribution is -0.131. The van der Waals surface area contributed by atoms with Gasteiger partial charge in [-0.2, -0.15) is 0 Å². The van der Waals surface area contributed by atoms with E-state index < -0.39 is 0 Å². The number of carbonyl (C=O) groups is 1. The first-order chi connectivity index (χ1) is 10.3. The summed E-state index contributed by atoms with van der Waals surface area (Å²) in [5, 5.41) is 6.19. The summed E-state index contributed by atoms with van der Waals surface area (Å²) in [5.41, 5.74) is 0.912. The highest BCUT2D eigenvalue weighted by molar-refractivity contribution is 7.10. The van der Waals surface area contributed by atoms with Crippen LogP contribution in [-0.4, -0.2) is 22.5 Å². The van der Waals surface area contributed by atoms with Crippen LogP contribution in [0.2, 0.25) is 0 Å². The third-order valence-corrected chi connectivity index (χ3v) is 4.77. The van der Waals surface area contributed by atoms with E-state index in [4.69, 9.17) is 4.52 Å². The van der Waals surface area contributed by atoms with Crippen LogP contribution in [-0.2, 0) is 17.6 Å². The lowest BCUT2D eigenvalue weighted by atomic mass is 10.1. The van der Waals surface area contributed by atoms with E-state index in [0.717, 1.165) is 48.6 Å². The highest BCUT2D eigenvalue weighted by atomic mass is 32.1. The summed E-state index contributed by atoms with van der Waals surface area (Å²) in [4.78, 5) is 15.6. The van der Waals surface area contributed by atoms with Crippen molar-refractivity contribution in [2.75, 3.05) is 6.54 Å². The Morgan fingerprint density at radius 3 is 3.24 bits per heavy atom. The summed E-state index contributed by atoms with van der Waals surface area (Å²) < 4.78 is 5.37. The van der Waals surface area contributed by atoms with Crippen LogP contribution in [0.5, 0.6) is 0 Å². The molecule has 3 heterocycles. The van der Waals surface area contributed by atoms with Crippen molar-refractivity contribution in [3.8, 4) is 0 Å². The molecule has 1 fully saturated rings. The topological polar surface area (TPSA) is 46.3 Å². The van der Waals surface area contributed by atoms with Crippen LogP contribution in [0.3, 0.4) is 0 Å². The monoisotopic (exact) mass is 304 g/mol. The van der Waals surface area contributed by atoms with Crippen LogP contribution in [0.15, 0.2) is 28.1 Å². The van der Waals surface area contributed by atoms with Gasteiger partial charge in [0.05, 0.1) is 12.5 Å². The van der Waals surface area contributed by atoms with Gasteiger partial charge in [-0.3, -0.25) is 4.79 Å². The number of thiophene rings is 1. The molecule has 1 aliphatic rings. The molecular weight excluding hydrogens is 284 g/mol. The fourth-order valence-electron chi connectivity index (χ4n) is 2.89. The molecule has 1 aliphatic heterocycles. The van der Waals surface area contributed by atoms with Crippen molar-refractivity contribution in [3.63, 3.8) is 0 Å². The van der Waals surface area contributed by atoms with E-state index in [1.807, 2.05) is 28.5 Å². The maximum atomic E-state index is 12.5. The van der Waals surface area contributed by atoms with Gasteiger partial charge in [0.25, 0.3) is 0 Å². The lowest BCUT2D eigenvalue weighted by Gasteiger charge is -2.22. The Bertz CT molecular complexity index is 591. The SMILES string of the molecule is CCCc1cc([C@H]2CCCN2C(=O)Cc2cccs2)no1. The van der Waals surface area contributed by atoms with Gasteiger partial charge in [-0.05, 0) is 30.7 Å². The highest BCUT2D eigenvalue weighted by Gasteiger charge is 2.32. The van der Waals surface area contributed by atoms with Crippen molar-refractivity contribution in [3.05, 3.63) is 39.9 Å². The summed E-state index contributed by atoms with van der Waals surface area (Å²) in [6.45, 7) is 2.94. The molecule has 1 amide bonds. The Balaban J connectivity index is 1.70. The van der Waals surface area contributed by atoms with E-state index in [1.54, 1.807) is 11.3 Å². The van der Waals surface area contributed by atoms with Gasteiger partial charge in [-0.15, -0.1) is 11.3 Å². The van der Waals surface area contributed by atoms with E-state index in [9.17, 15) is 4.79 Å². The lowest BCUT2D eigenvalue weighted by Crippen LogP contribution is -2.31. The quantitative estimate of drug-likeness (QED) is 0.848. The Morgan fingerprint density at radius 2 is 2.48 bits per heavy atom. The van der Waals surface area contributed by atoms with Gasteiger partial charge in [0.1, 0.15) is 11.5 Å². The van der Waals surface area contributed by atoms with Crippen molar-refractivity contribution in [1.29, 1.82) is 0 Å². The van der Waals surface area contributed by atoms with Gasteiger partial charge in [-0.25, -0.2) is 0 Å². The maximum absolute atomic E-state index is 12.5. The molecule has 4 nitrogen and oxygen atoms in total. The van der Waals surface area contributed by atoms with Crippen LogP contribution in [0.1, 0.15) is 48.6 Å². The summed E-state index contributed by atoms with van der Waals surface area (Å²) in [6.07, 6.45) is 4.46. The number of nitrogens with zero attached hydrogens (tertiary/aromatic N) is 2. The minimum atomic E-state index is 0.0896. The molecule has 0 aromatic carbocycles. The number of amides is 1. The average Bonchev–Trinajstić information content (AvgIpc) is 3.19. The van der Waals surface area contributed by atoms with Crippen LogP contribution < -0.4 is 0 Å². The summed E-state index contributed by atoms with van der Waals surface area (Å²) >= 11 is 1.64. The third-order valence-electron chi connectivity index (χ3n) is 3.89. The minimum Gasteiger partial charge on any atom is -0.361 e. The number of hydrogen-bond donors (Lipinski definition) is 0. The second-order valence-corrected chi connectivity index (χ2v) is 6.50. The second-order valence-electron chi connectivity index (χ2n) is 5.47. The Labute approximate surface area is 128 Å². The number of likely N-dealkylation sites (tertiary alicyclic amines) is 1. The Morgan fingerprint density at radius 1 is 1.57 bits per heavy atom. The normalized spacial score (nSPS) is 18.3. The van der Waals surface area contributed by atoms with Crippen LogP contribution in [0.25, 0.3) is 0 Å². The third kappa shape index (κ3) is 3.18. The van der Waals surface area contributed by atoms with Crippen molar-refractivity contribution < 1.29 is 9.32 Å². The zero-order valence-corrected chi connectivity index (χ0v) is 13.1. The molecule has 21 heavy (non-hydrogen) atoms. The number of rotatable bonds is 5. The van der Waals surface area contributed by atoms with E-state index in [-0.39, 0.29) is 11.9 Å². The number of carbonyl (C=O) groups excluding carboxylic acids is 1. The molecule has 0 bridgehead atoms. The first kappa shape index (κ1) is 14.3. The van der Waals surface area contributed by atoms with Crippen LogP contribution in [0, 0.1) is 0 Å². The van der Waals surface area contributed by atoms with Gasteiger partial charge in [-0.1, -0.05) is 18.1 Å². The van der Waals surface area contributed by atoms with Gasteiger partial charge in [0.15, 0.2) is 0 Å². The number of aromatic nitrogens is 1. The fraction of sp³-hybridized carbons (Fsp3) is 0.500. The standard InChI is InChI=1S/C16H20N2O2S/c1-2-5-12-10-14(17-20-12)15-7-3-8-18(15)16(19)11-13-6-4-9-21-13/h4,6,9-10,15H,2-3,5,7-8,11H2,1H3/t15-/m1/s1. The van der Waals surface area contributed by atoms with Gasteiger partial charge < -0.3 is 9.42 Å². The smallest absolute Gasteiger partial charge is 0.228 e. The minimum absolute atomic E-state index is 0.0896. The molecule has 2 aromatic heterocycles. The van der Waals surface area contributed by atoms with Crippen molar-refractivity contribution in [2.24, 2.45) is 0 Å². The molecular formula is C16H20N2O2S. The second kappa shape index (κ2) is 6.43. The van der Waals surface area contributed by atoms with E-state index in [0.29, 0.717) is 6.42 Å². The largest absolute Gasteiger partial charge is 0.361 e. The van der Waals surface area contributed by atoms with Crippen molar-refractivity contribution in [2.45, 2.75) is 45.1 Å². The average molecular weight is 304 g/mol. The van der Waals surface area contributed by atoms with Crippen molar-refractivity contribution in [1.82, 2.24) is 10.1 Å². The molecule has 0 spiro atoms. The van der Waals surface area contributed by atoms with Gasteiger partial charge >= 0.3 is 0 Å². The fourth-order valence-corrected chi connectivity index (χ4v) is 3.58. The van der Waals surface area contributed by atoms with Gasteiger partial charge in [0.2, 0.25) is 5.91 Å². The molecule has 2 aromatic rings. The first-order valence-corrected chi connectivity index (χ1v) is 8.43. The van der Waals surface area contributed by atoms with Crippen LogP contribution in [0.4, 0.5) is 0 Å². The van der Waals surface area contributed by atoms with Gasteiger partial charge in [0, 0.05) is 23.9 Å². The van der Waals surface area contributed by atoms with E-state index in [1.165, 1.54) is 0 Å². The molecule has 1 saturated heterocycles. The van der Waals surface area contributed by atoms with Crippen LogP contribution >= 0.6 is 11.3 Å². The molecule has 1 atom stereocenters. The van der Waals surface area contributed by atoms with Crippen molar-refractivity contribution >= 4 is 17.2 Å². The maximum Gasteiger partial charge on any atom is 0.228 e. The zero-order chi connectivity index (χ0) is 14.7. The first-order valence-electron chi connectivity index (χ1n) is 7.55. The van der Waals surface area contributed by atoms with E-state index >= 15 is 0 Å². The highest BCUT2D eigenvalue weighted by Crippen LogP contribution is 2.32. The summed E-state index contributed by atoms with van der Waals surface area (Å²) in [7, 11) is 0. The predicted octanol–water partition coefficient (Wildman–Crippen LogP) is 3.59. The van der Waals surface area contributed by atoms with E-state index in [2.05, 4.69) is 12.1 Å². The molecule has 3 rings (SSSR count). The number of aryl methyl sites for hydroxylation is 1. The predicted molar refractivity (Wildman–Crippen MR) is 82.2 cm³/mol. The molecule has 112 valence electrons. The molecule has 0 N–H and O–H groups in total. The zero-order valence-electron chi connectivity index (χ0n) is 12.2. The molecule has 5 heteroatoms. The number of hydrogen-bond acceptors (Lipinski definition) is 4. The summed E-state index contributed by atoms with van der Waals surface area (Å²) in [6, 6.07) is 6.11. The molecule has 0 unspecified atom stereocenters.